The SMILES string of the molecule is [C-]#[N+]c1cc(-c2cc(-c3ccc(C#N)cc3)nc(-c3ccc(C#N)cc3)n2)c(C#N)cc1-c1ccc(-c2ccc(-n3c4ccccc4c4cc(-n5c6ccccc6c6ccccc65)ccc43)cc2)cc1. The van der Waals surface area contributed by atoms with Gasteiger partial charge in [0.1, 0.15) is 0 Å². The van der Waals surface area contributed by atoms with Crippen molar-refractivity contribution in [2.45, 2.75) is 0 Å². The number of fused-ring (bicyclic) bond motifs is 6. The maximum absolute atomic E-state index is 10.6. The molecule has 8 heteroatoms. The van der Waals surface area contributed by atoms with E-state index in [-0.39, 0.29) is 0 Å². The van der Waals surface area contributed by atoms with E-state index in [4.69, 9.17) is 16.5 Å². The summed E-state index contributed by atoms with van der Waals surface area (Å²) < 4.78 is 4.69. The smallest absolute Gasteiger partial charge is 0.195 e. The van der Waals surface area contributed by atoms with Crippen LogP contribution in [0.15, 0.2) is 206 Å². The minimum absolute atomic E-state index is 0.352. The van der Waals surface area contributed by atoms with Crippen LogP contribution in [0.1, 0.15) is 16.7 Å². The molecule has 0 spiro atoms. The molecule has 0 aliphatic rings. The first-order chi connectivity index (χ1) is 34.5. The average Bonchev–Trinajstić information content (AvgIpc) is 3.95. The molecule has 8 nitrogen and oxygen atoms in total. The van der Waals surface area contributed by atoms with Gasteiger partial charge in [-0.1, -0.05) is 103 Å². The van der Waals surface area contributed by atoms with Crippen molar-refractivity contribution in [3.8, 4) is 85.7 Å². The monoisotopic (exact) mass is 890 g/mol. The lowest BCUT2D eigenvalue weighted by Crippen LogP contribution is -1.98. The fourth-order valence-electron chi connectivity index (χ4n) is 9.71. The third kappa shape index (κ3) is 6.90. The van der Waals surface area contributed by atoms with E-state index in [1.165, 1.54) is 32.6 Å². The molecule has 322 valence electrons. The Hall–Kier alpha value is -10.4. The second kappa shape index (κ2) is 16.8. The molecule has 0 amide bonds. The fraction of sp³-hybridized carbons (Fsp3) is 0. The van der Waals surface area contributed by atoms with Gasteiger partial charge in [-0.15, -0.1) is 0 Å². The predicted molar refractivity (Wildman–Crippen MR) is 278 cm³/mol. The standard InChI is InChI=1S/C62H34N8/c1-66-56-34-53(57-35-55(44-18-14-39(36-63)15-19-44)67-62(68-57)45-20-16-40(37-64)17-21-45)46(38-65)32-52(56)43-24-22-41(23-25-43)42-26-28-47(29-27-42)69-60-13-7-4-10-51(60)54-33-48(30-31-61(54)69)70-58-11-5-2-8-49(58)50-9-3-6-12-59(50)70/h2-35H. The highest BCUT2D eigenvalue weighted by atomic mass is 15.0. The molecule has 0 saturated heterocycles. The van der Waals surface area contributed by atoms with E-state index in [0.717, 1.165) is 44.7 Å². The summed E-state index contributed by atoms with van der Waals surface area (Å²) in [6.07, 6.45) is 0. The normalized spacial score (nSPS) is 11.1. The predicted octanol–water partition coefficient (Wildman–Crippen LogP) is 15.2. The molecular formula is C62H34N8. The summed E-state index contributed by atoms with van der Waals surface area (Å²) in [5.74, 6) is 0.391. The third-order valence-corrected chi connectivity index (χ3v) is 13.1. The number of aromatic nitrogens is 4. The van der Waals surface area contributed by atoms with Crippen LogP contribution in [-0.2, 0) is 0 Å². The summed E-state index contributed by atoms with van der Waals surface area (Å²) in [6, 6.07) is 75.2. The Balaban J connectivity index is 0.875. The lowest BCUT2D eigenvalue weighted by Gasteiger charge is -2.13. The first kappa shape index (κ1) is 41.1. The van der Waals surface area contributed by atoms with Crippen LogP contribution in [0.2, 0.25) is 0 Å². The quantitative estimate of drug-likeness (QED) is 0.148. The molecule has 70 heavy (non-hydrogen) atoms. The second-order valence-electron chi connectivity index (χ2n) is 17.0. The summed E-state index contributed by atoms with van der Waals surface area (Å²) in [7, 11) is 0. The van der Waals surface area contributed by atoms with Crippen LogP contribution >= 0.6 is 0 Å². The Labute approximate surface area is 402 Å². The number of nitriles is 3. The van der Waals surface area contributed by atoms with Crippen LogP contribution in [0.25, 0.3) is 116 Å². The first-order valence-electron chi connectivity index (χ1n) is 22.6. The van der Waals surface area contributed by atoms with Gasteiger partial charge in [-0.25, -0.2) is 14.8 Å². The summed E-state index contributed by atoms with van der Waals surface area (Å²) in [5, 5.41) is 34.2. The molecule has 0 fully saturated rings. The zero-order valence-electron chi connectivity index (χ0n) is 37.2. The summed E-state index contributed by atoms with van der Waals surface area (Å²) in [6.45, 7) is 8.26. The Morgan fingerprint density at radius 1 is 0.386 bits per heavy atom. The van der Waals surface area contributed by atoms with Crippen molar-refractivity contribution in [2.75, 3.05) is 0 Å². The highest BCUT2D eigenvalue weighted by Gasteiger charge is 2.19. The van der Waals surface area contributed by atoms with Gasteiger partial charge in [0.05, 0.1) is 74.9 Å². The van der Waals surface area contributed by atoms with Crippen LogP contribution in [0.4, 0.5) is 5.69 Å². The molecule has 9 aromatic carbocycles. The maximum Gasteiger partial charge on any atom is 0.195 e. The van der Waals surface area contributed by atoms with Gasteiger partial charge in [-0.2, -0.15) is 15.8 Å². The third-order valence-electron chi connectivity index (χ3n) is 13.1. The van der Waals surface area contributed by atoms with E-state index < -0.39 is 0 Å². The lowest BCUT2D eigenvalue weighted by molar-refractivity contribution is 1.17. The topological polar surface area (TPSA) is 111 Å². The molecule has 12 aromatic rings. The average molecular weight is 891 g/mol. The van der Waals surface area contributed by atoms with E-state index in [1.54, 1.807) is 54.6 Å². The van der Waals surface area contributed by atoms with E-state index in [0.29, 0.717) is 56.3 Å². The molecular weight excluding hydrogens is 857 g/mol. The van der Waals surface area contributed by atoms with Crippen molar-refractivity contribution in [3.63, 3.8) is 0 Å². The van der Waals surface area contributed by atoms with Gasteiger partial charge in [0, 0.05) is 49.6 Å². The summed E-state index contributed by atoms with van der Waals surface area (Å²) >= 11 is 0. The van der Waals surface area contributed by atoms with Gasteiger partial charge < -0.3 is 9.13 Å². The molecule has 12 rings (SSSR count). The van der Waals surface area contributed by atoms with Gasteiger partial charge in [-0.05, 0) is 125 Å². The van der Waals surface area contributed by atoms with Crippen LogP contribution in [0.3, 0.4) is 0 Å². The molecule has 3 heterocycles. The second-order valence-corrected chi connectivity index (χ2v) is 17.0. The van der Waals surface area contributed by atoms with Crippen molar-refractivity contribution >= 4 is 49.3 Å². The molecule has 0 N–H and O–H groups in total. The van der Waals surface area contributed by atoms with E-state index >= 15 is 0 Å². The minimum Gasteiger partial charge on any atom is -0.309 e. The van der Waals surface area contributed by atoms with Crippen molar-refractivity contribution in [3.05, 3.63) is 234 Å². The van der Waals surface area contributed by atoms with Crippen LogP contribution in [0.5, 0.6) is 0 Å². The number of benzene rings is 9. The maximum atomic E-state index is 10.6. The Morgan fingerprint density at radius 2 is 0.857 bits per heavy atom. The Bertz CT molecular complexity index is 4120. The first-order valence-corrected chi connectivity index (χ1v) is 22.6. The number of rotatable bonds is 7. The molecule has 0 aliphatic heterocycles. The zero-order chi connectivity index (χ0) is 47.3. The number of hydrogen-bond acceptors (Lipinski definition) is 5. The van der Waals surface area contributed by atoms with E-state index in [9.17, 15) is 15.8 Å². The Morgan fingerprint density at radius 3 is 1.43 bits per heavy atom. The van der Waals surface area contributed by atoms with E-state index in [1.807, 2.05) is 36.4 Å². The highest BCUT2D eigenvalue weighted by molar-refractivity contribution is 6.12. The van der Waals surface area contributed by atoms with Crippen LogP contribution in [0, 0.1) is 40.6 Å². The molecule has 0 atom stereocenters. The van der Waals surface area contributed by atoms with Crippen molar-refractivity contribution in [1.29, 1.82) is 15.8 Å². The number of hydrogen-bond donors (Lipinski definition) is 0. The largest absolute Gasteiger partial charge is 0.309 e. The van der Waals surface area contributed by atoms with Gasteiger partial charge in [0.2, 0.25) is 0 Å². The summed E-state index contributed by atoms with van der Waals surface area (Å²) in [5.41, 5.74) is 15.0. The van der Waals surface area contributed by atoms with Crippen LogP contribution < -0.4 is 0 Å². The fourth-order valence-corrected chi connectivity index (χ4v) is 9.71. The minimum atomic E-state index is 0.352. The highest BCUT2D eigenvalue weighted by Crippen LogP contribution is 2.40. The molecule has 0 bridgehead atoms. The number of para-hydroxylation sites is 3. The van der Waals surface area contributed by atoms with E-state index in [2.05, 4.69) is 147 Å². The zero-order valence-corrected chi connectivity index (χ0v) is 37.2. The van der Waals surface area contributed by atoms with Gasteiger partial charge in [0.15, 0.2) is 11.5 Å². The Kier molecular flexibility index (Phi) is 9.86. The van der Waals surface area contributed by atoms with Crippen LogP contribution in [-0.4, -0.2) is 19.1 Å². The molecule has 0 saturated carbocycles. The van der Waals surface area contributed by atoms with Crippen molar-refractivity contribution < 1.29 is 0 Å². The molecule has 3 aromatic heterocycles. The van der Waals surface area contributed by atoms with Gasteiger partial charge in [0.25, 0.3) is 0 Å². The van der Waals surface area contributed by atoms with Crippen molar-refractivity contribution in [2.24, 2.45) is 0 Å². The lowest BCUT2D eigenvalue weighted by atomic mass is 9.94. The van der Waals surface area contributed by atoms with Gasteiger partial charge >= 0.3 is 0 Å². The molecule has 0 radical (unpaired) electrons. The number of nitrogens with zero attached hydrogens (tertiary/aromatic N) is 8. The molecule has 0 unspecified atom stereocenters. The van der Waals surface area contributed by atoms with Gasteiger partial charge in [-0.3, -0.25) is 0 Å². The summed E-state index contributed by atoms with van der Waals surface area (Å²) in [4.78, 5) is 13.7. The van der Waals surface area contributed by atoms with Crippen molar-refractivity contribution in [1.82, 2.24) is 19.1 Å². The molecule has 0 aliphatic carbocycles.